The van der Waals surface area contributed by atoms with Crippen LogP contribution in [0.1, 0.15) is 64.7 Å². The lowest BCUT2D eigenvalue weighted by Gasteiger charge is -2.31. The summed E-state index contributed by atoms with van der Waals surface area (Å²) in [5, 5.41) is 21.5. The summed E-state index contributed by atoms with van der Waals surface area (Å²) in [6.45, 7) is 2.65. The number of hydrogen-bond acceptors (Lipinski definition) is 3. The summed E-state index contributed by atoms with van der Waals surface area (Å²) < 4.78 is 0. The van der Waals surface area contributed by atoms with Crippen LogP contribution in [-0.4, -0.2) is 34.7 Å². The molecule has 3 unspecified atom stereocenters. The van der Waals surface area contributed by atoms with Crippen molar-refractivity contribution in [3.8, 4) is 0 Å². The highest BCUT2D eigenvalue weighted by Gasteiger charge is 2.33. The number of carboxylic acid groups (broad SMARTS) is 1. The molecule has 0 aromatic heterocycles. The summed E-state index contributed by atoms with van der Waals surface area (Å²) in [5.74, 6) is -0.782. The molecule has 0 radical (unpaired) electrons. The Kier molecular flexibility index (Phi) is 8.35. The average Bonchev–Trinajstić information content (AvgIpc) is 2.44. The van der Waals surface area contributed by atoms with Crippen molar-refractivity contribution in [3.63, 3.8) is 0 Å². The topological polar surface area (TPSA) is 86.6 Å². The molecule has 0 aromatic rings. The van der Waals surface area contributed by atoms with E-state index in [1.165, 1.54) is 0 Å². The molecule has 1 rings (SSSR count). The first-order chi connectivity index (χ1) is 10.0. The first-order valence-corrected chi connectivity index (χ1v) is 8.20. The minimum atomic E-state index is -0.734. The van der Waals surface area contributed by atoms with E-state index in [1.54, 1.807) is 0 Å². The summed E-state index contributed by atoms with van der Waals surface area (Å²) >= 11 is 0. The van der Waals surface area contributed by atoms with Crippen LogP contribution in [0.3, 0.4) is 0 Å². The van der Waals surface area contributed by atoms with Gasteiger partial charge in [0, 0.05) is 13.0 Å². The van der Waals surface area contributed by atoms with Gasteiger partial charge in [0.2, 0.25) is 5.91 Å². The van der Waals surface area contributed by atoms with E-state index in [9.17, 15) is 14.7 Å². The molecule has 0 aliphatic heterocycles. The molecule has 0 heterocycles. The third-order valence-electron chi connectivity index (χ3n) is 4.37. The Morgan fingerprint density at radius 2 is 1.76 bits per heavy atom. The molecule has 5 heteroatoms. The molecule has 1 saturated carbocycles. The first-order valence-electron chi connectivity index (χ1n) is 8.20. The van der Waals surface area contributed by atoms with E-state index in [0.29, 0.717) is 6.54 Å². The highest BCUT2D eigenvalue weighted by atomic mass is 16.4. The molecule has 0 aromatic carbocycles. The van der Waals surface area contributed by atoms with Crippen molar-refractivity contribution in [3.05, 3.63) is 0 Å². The lowest BCUT2D eigenvalue weighted by Crippen LogP contribution is -2.42. The third kappa shape index (κ3) is 6.93. The fraction of sp³-hybridized carbons (Fsp3) is 0.875. The summed E-state index contributed by atoms with van der Waals surface area (Å²) in [6, 6.07) is 0. The van der Waals surface area contributed by atoms with E-state index < -0.39 is 12.1 Å². The number of carbonyl (C=O) groups is 2. The van der Waals surface area contributed by atoms with Gasteiger partial charge < -0.3 is 15.5 Å². The van der Waals surface area contributed by atoms with Crippen molar-refractivity contribution in [1.29, 1.82) is 0 Å². The molecule has 1 aliphatic carbocycles. The van der Waals surface area contributed by atoms with Gasteiger partial charge in [0.05, 0.1) is 12.0 Å². The maximum Gasteiger partial charge on any atom is 0.303 e. The van der Waals surface area contributed by atoms with Gasteiger partial charge in [-0.25, -0.2) is 0 Å². The zero-order valence-corrected chi connectivity index (χ0v) is 13.0. The number of unbranched alkanes of at least 4 members (excludes halogenated alkanes) is 4. The van der Waals surface area contributed by atoms with Gasteiger partial charge in [-0.1, -0.05) is 32.6 Å². The molecule has 122 valence electrons. The summed E-state index contributed by atoms with van der Waals surface area (Å²) in [7, 11) is 0. The largest absolute Gasteiger partial charge is 0.481 e. The van der Waals surface area contributed by atoms with Gasteiger partial charge in [-0.05, 0) is 31.6 Å². The van der Waals surface area contributed by atoms with Crippen LogP contribution in [0.25, 0.3) is 0 Å². The molecule has 1 aliphatic rings. The van der Waals surface area contributed by atoms with Crippen LogP contribution >= 0.6 is 0 Å². The lowest BCUT2D eigenvalue weighted by molar-refractivity contribution is -0.137. The van der Waals surface area contributed by atoms with Crippen molar-refractivity contribution in [2.24, 2.45) is 11.8 Å². The molecular weight excluding hydrogens is 270 g/mol. The third-order valence-corrected chi connectivity index (χ3v) is 4.37. The molecule has 5 nitrogen and oxygen atoms in total. The van der Waals surface area contributed by atoms with Crippen molar-refractivity contribution >= 4 is 11.9 Å². The number of nitrogens with one attached hydrogen (secondary N) is 1. The van der Waals surface area contributed by atoms with E-state index in [-0.39, 0.29) is 24.2 Å². The number of carbonyl (C=O) groups excluding carboxylic acids is 1. The van der Waals surface area contributed by atoms with Crippen molar-refractivity contribution in [2.75, 3.05) is 6.54 Å². The number of rotatable bonds is 9. The number of aliphatic hydroxyl groups is 1. The van der Waals surface area contributed by atoms with Gasteiger partial charge in [-0.15, -0.1) is 0 Å². The average molecular weight is 299 g/mol. The quantitative estimate of drug-likeness (QED) is 0.570. The minimum Gasteiger partial charge on any atom is -0.481 e. The molecule has 0 bridgehead atoms. The predicted molar refractivity (Wildman–Crippen MR) is 80.9 cm³/mol. The van der Waals surface area contributed by atoms with Gasteiger partial charge in [-0.2, -0.15) is 0 Å². The van der Waals surface area contributed by atoms with E-state index in [4.69, 9.17) is 5.11 Å². The molecule has 21 heavy (non-hydrogen) atoms. The van der Waals surface area contributed by atoms with Crippen molar-refractivity contribution in [1.82, 2.24) is 5.32 Å². The smallest absolute Gasteiger partial charge is 0.303 e. The Labute approximate surface area is 127 Å². The molecule has 3 atom stereocenters. The van der Waals surface area contributed by atoms with Crippen LogP contribution in [0.2, 0.25) is 0 Å². The van der Waals surface area contributed by atoms with Crippen LogP contribution in [-0.2, 0) is 9.59 Å². The number of carboxylic acids is 1. The molecule has 0 spiro atoms. The summed E-state index contributed by atoms with van der Waals surface area (Å²) in [5.41, 5.74) is 0. The second kappa shape index (κ2) is 9.77. The van der Waals surface area contributed by atoms with Gasteiger partial charge in [-0.3, -0.25) is 9.59 Å². The van der Waals surface area contributed by atoms with Crippen LogP contribution in [0.15, 0.2) is 0 Å². The van der Waals surface area contributed by atoms with E-state index in [1.807, 2.05) is 6.92 Å². The number of aliphatic hydroxyl groups excluding tert-OH is 1. The van der Waals surface area contributed by atoms with Gasteiger partial charge in [0.1, 0.15) is 0 Å². The zero-order chi connectivity index (χ0) is 15.7. The molecule has 3 N–H and O–H groups in total. The fourth-order valence-electron chi connectivity index (χ4n) is 2.96. The Bertz CT molecular complexity index is 332. The van der Waals surface area contributed by atoms with Crippen LogP contribution in [0, 0.1) is 11.8 Å². The number of aliphatic carboxylic acids is 1. The fourth-order valence-corrected chi connectivity index (χ4v) is 2.96. The Morgan fingerprint density at radius 3 is 2.48 bits per heavy atom. The van der Waals surface area contributed by atoms with Crippen LogP contribution in [0.5, 0.6) is 0 Å². The second-order valence-electron chi connectivity index (χ2n) is 6.21. The minimum absolute atomic E-state index is 0.0140. The second-order valence-corrected chi connectivity index (χ2v) is 6.21. The Balaban J connectivity index is 2.04. The zero-order valence-electron chi connectivity index (χ0n) is 13.0. The first kappa shape index (κ1) is 18.0. The molecular formula is C16H29NO4. The maximum absolute atomic E-state index is 12.0. The van der Waals surface area contributed by atoms with Gasteiger partial charge >= 0.3 is 5.97 Å². The van der Waals surface area contributed by atoms with Gasteiger partial charge in [0.15, 0.2) is 0 Å². The number of amides is 1. The predicted octanol–water partition coefficient (Wildman–Crippen LogP) is 2.32. The van der Waals surface area contributed by atoms with Gasteiger partial charge in [0.25, 0.3) is 0 Å². The van der Waals surface area contributed by atoms with Crippen molar-refractivity contribution < 1.29 is 19.8 Å². The standard InChI is InChI=1S/C16H29NO4/c1-12-8-7-9-13(15(12)20)16(21)17-11-6-4-2-3-5-10-14(18)19/h12-13,15,20H,2-11H2,1H3,(H,17,21)(H,18,19). The van der Waals surface area contributed by atoms with Crippen molar-refractivity contribution in [2.45, 2.75) is 70.8 Å². The normalized spacial score (nSPS) is 25.5. The van der Waals surface area contributed by atoms with Crippen LogP contribution < -0.4 is 5.32 Å². The summed E-state index contributed by atoms with van der Waals surface area (Å²) in [4.78, 5) is 22.4. The highest BCUT2D eigenvalue weighted by Crippen LogP contribution is 2.29. The number of hydrogen-bond donors (Lipinski definition) is 3. The van der Waals surface area contributed by atoms with E-state index in [2.05, 4.69) is 5.32 Å². The molecule has 0 saturated heterocycles. The molecule has 1 amide bonds. The van der Waals surface area contributed by atoms with E-state index >= 15 is 0 Å². The highest BCUT2D eigenvalue weighted by molar-refractivity contribution is 5.79. The monoisotopic (exact) mass is 299 g/mol. The maximum atomic E-state index is 12.0. The van der Waals surface area contributed by atoms with Crippen LogP contribution in [0.4, 0.5) is 0 Å². The van der Waals surface area contributed by atoms with E-state index in [0.717, 1.165) is 51.4 Å². The Hall–Kier alpha value is -1.10. The Morgan fingerprint density at radius 1 is 1.10 bits per heavy atom. The molecule has 1 fully saturated rings. The summed E-state index contributed by atoms with van der Waals surface area (Å²) in [6.07, 6.45) is 7.12. The SMILES string of the molecule is CC1CCCC(C(=O)NCCCCCCCC(=O)O)C1O. The lowest BCUT2D eigenvalue weighted by atomic mass is 9.79.